The van der Waals surface area contributed by atoms with E-state index >= 15 is 0 Å². The monoisotopic (exact) mass is 353 g/mol. The Hall–Kier alpha value is -1.91. The second kappa shape index (κ2) is 7.11. The van der Waals surface area contributed by atoms with Gasteiger partial charge in [-0.15, -0.1) is 5.10 Å². The van der Waals surface area contributed by atoms with Crippen molar-refractivity contribution in [1.82, 2.24) is 14.8 Å². The maximum atomic E-state index is 10.9. The quantitative estimate of drug-likeness (QED) is 0.258. The van der Waals surface area contributed by atoms with Gasteiger partial charge in [-0.25, -0.2) is 9.67 Å². The number of hydrogen-bond acceptors (Lipinski definition) is 7. The maximum absolute atomic E-state index is 10.9. The fraction of sp³-hybridized carbons (Fsp3) is 0.462. The molecule has 0 aromatic carbocycles. The number of nitrogens with one attached hydrogen (secondary N) is 1. The summed E-state index contributed by atoms with van der Waals surface area (Å²) in [6, 6.07) is 2.63. The van der Waals surface area contributed by atoms with Gasteiger partial charge in [0.1, 0.15) is 13.1 Å². The van der Waals surface area contributed by atoms with Crippen LogP contribution in [0, 0.1) is 15.5 Å². The molecule has 0 radical (unpaired) electrons. The molecule has 0 fully saturated rings. The van der Waals surface area contributed by atoms with E-state index in [-0.39, 0.29) is 10.6 Å². The van der Waals surface area contributed by atoms with Gasteiger partial charge in [0.15, 0.2) is 5.82 Å². The summed E-state index contributed by atoms with van der Waals surface area (Å²) in [5.74, 6) is 0.403. The van der Waals surface area contributed by atoms with Gasteiger partial charge in [0.2, 0.25) is 0 Å². The molecular weight excluding hydrogens is 334 g/mol. The van der Waals surface area contributed by atoms with E-state index in [1.807, 2.05) is 0 Å². The first-order chi connectivity index (χ1) is 10.8. The molecule has 23 heavy (non-hydrogen) atoms. The Bertz CT molecular complexity index is 707. The Kier molecular flexibility index (Phi) is 5.39. The molecule has 10 heteroatoms. The summed E-state index contributed by atoms with van der Waals surface area (Å²) in [5.41, 5.74) is 0.262. The van der Waals surface area contributed by atoms with Gasteiger partial charge >= 0.3 is 5.00 Å². The molecule has 1 N–H and O–H groups in total. The summed E-state index contributed by atoms with van der Waals surface area (Å²) >= 11 is 0.966. The summed E-state index contributed by atoms with van der Waals surface area (Å²) in [5, 5.41) is 22.4. The molecule has 0 aliphatic carbocycles. The highest BCUT2D eigenvalue weighted by Crippen LogP contribution is 2.34. The van der Waals surface area contributed by atoms with E-state index in [1.54, 1.807) is 17.1 Å². The summed E-state index contributed by atoms with van der Waals surface area (Å²) in [6.07, 6.45) is 2.51. The van der Waals surface area contributed by atoms with E-state index < -0.39 is 13.0 Å². The third-order valence-corrected chi connectivity index (χ3v) is 5.84. The van der Waals surface area contributed by atoms with Crippen molar-refractivity contribution in [2.45, 2.75) is 32.4 Å². The Balaban J connectivity index is 2.02. The Morgan fingerprint density at radius 3 is 2.83 bits per heavy atom. The van der Waals surface area contributed by atoms with Gasteiger partial charge in [-0.3, -0.25) is 10.1 Å². The second-order valence-electron chi connectivity index (χ2n) is 6.23. The van der Waals surface area contributed by atoms with Crippen LogP contribution in [0.1, 0.15) is 5.56 Å². The van der Waals surface area contributed by atoms with E-state index in [4.69, 9.17) is 10.1 Å². The van der Waals surface area contributed by atoms with Crippen molar-refractivity contribution in [2.75, 3.05) is 6.61 Å². The van der Waals surface area contributed by atoms with Crippen molar-refractivity contribution in [3.8, 4) is 10.7 Å². The Morgan fingerprint density at radius 2 is 2.26 bits per heavy atom. The summed E-state index contributed by atoms with van der Waals surface area (Å²) < 4.78 is 7.15. The van der Waals surface area contributed by atoms with E-state index in [9.17, 15) is 10.1 Å². The first-order valence-corrected chi connectivity index (χ1v) is 11.6. The summed E-state index contributed by atoms with van der Waals surface area (Å²) in [4.78, 5) is 15.2. The van der Waals surface area contributed by atoms with Crippen LogP contribution in [0.25, 0.3) is 10.7 Å². The van der Waals surface area contributed by atoms with Crippen LogP contribution in [0.15, 0.2) is 12.4 Å². The molecule has 0 saturated carbocycles. The van der Waals surface area contributed by atoms with Crippen molar-refractivity contribution in [2.24, 2.45) is 0 Å². The first-order valence-electron chi connectivity index (χ1n) is 7.06. The van der Waals surface area contributed by atoms with Crippen molar-refractivity contribution >= 4 is 30.6 Å². The largest absolute Gasteiger partial charge is 0.359 e. The molecule has 0 atom stereocenters. The molecule has 8 nitrogen and oxygen atoms in total. The fourth-order valence-electron chi connectivity index (χ4n) is 1.76. The van der Waals surface area contributed by atoms with Gasteiger partial charge < -0.3 is 10.1 Å². The zero-order chi connectivity index (χ0) is 17.0. The lowest BCUT2D eigenvalue weighted by Crippen LogP contribution is -2.22. The molecule has 0 spiro atoms. The minimum Gasteiger partial charge on any atom is -0.359 e. The molecule has 2 rings (SSSR count). The normalized spacial score (nSPS) is 11.6. The number of aromatic nitrogens is 3. The van der Waals surface area contributed by atoms with Crippen LogP contribution < -0.4 is 0 Å². The standard InChI is InChI=1S/C13H19N5O3SSi/c1-23(2,3)5-4-21-9-17-8-15-12(16-17)11-6-10(7-14)13(22-11)18(19)20/h6-8,14H,4-5,9H2,1-3H3. The zero-order valence-corrected chi connectivity index (χ0v) is 15.1. The fourth-order valence-corrected chi connectivity index (χ4v) is 3.40. The highest BCUT2D eigenvalue weighted by molar-refractivity contribution is 7.19. The lowest BCUT2D eigenvalue weighted by atomic mass is 10.3. The van der Waals surface area contributed by atoms with Crippen molar-refractivity contribution in [3.05, 3.63) is 28.1 Å². The molecule has 0 amide bonds. The number of hydrogen-bond donors (Lipinski definition) is 1. The molecule has 0 bridgehead atoms. The smallest absolute Gasteiger partial charge is 0.333 e. The van der Waals surface area contributed by atoms with Crippen LogP contribution in [0.2, 0.25) is 25.7 Å². The SMILES string of the molecule is C[Si](C)(C)CCOCn1cnc(-c2cc(C=N)c([N+](=O)[O-])s2)n1. The van der Waals surface area contributed by atoms with Gasteiger partial charge in [-0.05, 0) is 12.1 Å². The van der Waals surface area contributed by atoms with Crippen molar-refractivity contribution in [3.63, 3.8) is 0 Å². The number of nitro groups is 1. The maximum Gasteiger partial charge on any atom is 0.333 e. The lowest BCUT2D eigenvalue weighted by molar-refractivity contribution is -0.380. The van der Waals surface area contributed by atoms with Crippen LogP contribution in [0.3, 0.4) is 0 Å². The van der Waals surface area contributed by atoms with E-state index in [2.05, 4.69) is 29.7 Å². The molecular formula is C13H19N5O3SSi. The average Bonchev–Trinajstić information content (AvgIpc) is 3.08. The van der Waals surface area contributed by atoms with Gasteiger partial charge in [-0.2, -0.15) is 0 Å². The topological polar surface area (TPSA) is 107 Å². The van der Waals surface area contributed by atoms with Crippen LogP contribution in [-0.4, -0.2) is 40.6 Å². The molecule has 0 aliphatic rings. The van der Waals surface area contributed by atoms with Gasteiger partial charge in [0.25, 0.3) is 0 Å². The molecule has 2 heterocycles. The summed E-state index contributed by atoms with van der Waals surface area (Å²) in [6.45, 7) is 7.85. The number of ether oxygens (including phenoxy) is 1. The minimum absolute atomic E-state index is 0.0715. The van der Waals surface area contributed by atoms with Crippen molar-refractivity contribution < 1.29 is 9.66 Å². The number of thiophene rings is 1. The minimum atomic E-state index is -1.12. The molecule has 0 unspecified atom stereocenters. The average molecular weight is 353 g/mol. The predicted octanol–water partition coefficient (Wildman–Crippen LogP) is 3.22. The van der Waals surface area contributed by atoms with E-state index in [0.717, 1.165) is 23.6 Å². The van der Waals surface area contributed by atoms with Crippen LogP contribution in [-0.2, 0) is 11.5 Å². The zero-order valence-electron chi connectivity index (χ0n) is 13.3. The predicted molar refractivity (Wildman–Crippen MR) is 92.0 cm³/mol. The molecule has 0 aliphatic heterocycles. The number of rotatable bonds is 8. The third kappa shape index (κ3) is 4.78. The molecule has 124 valence electrons. The third-order valence-electron chi connectivity index (χ3n) is 3.04. The Labute approximate surface area is 138 Å². The lowest BCUT2D eigenvalue weighted by Gasteiger charge is -2.15. The molecule has 2 aromatic rings. The first kappa shape index (κ1) is 17.4. The Morgan fingerprint density at radius 1 is 1.52 bits per heavy atom. The highest BCUT2D eigenvalue weighted by atomic mass is 32.1. The van der Waals surface area contributed by atoms with Gasteiger partial charge in [0, 0.05) is 20.9 Å². The molecule has 0 saturated heterocycles. The van der Waals surface area contributed by atoms with Gasteiger partial charge in [-0.1, -0.05) is 31.0 Å². The number of nitrogens with zero attached hydrogens (tertiary/aromatic N) is 4. The van der Waals surface area contributed by atoms with E-state index in [0.29, 0.717) is 24.0 Å². The second-order valence-corrected chi connectivity index (χ2v) is 12.9. The van der Waals surface area contributed by atoms with Crippen LogP contribution >= 0.6 is 11.3 Å². The highest BCUT2D eigenvalue weighted by Gasteiger charge is 2.20. The van der Waals surface area contributed by atoms with Crippen LogP contribution in [0.5, 0.6) is 0 Å². The molecule has 2 aromatic heterocycles. The summed E-state index contributed by atoms with van der Waals surface area (Å²) in [7, 11) is -1.12. The van der Waals surface area contributed by atoms with Gasteiger partial charge in [0.05, 0.1) is 15.4 Å². The van der Waals surface area contributed by atoms with E-state index in [1.165, 1.54) is 0 Å². The van der Waals surface area contributed by atoms with Crippen LogP contribution in [0.4, 0.5) is 5.00 Å². The van der Waals surface area contributed by atoms with Crippen molar-refractivity contribution in [1.29, 1.82) is 5.41 Å².